The van der Waals surface area contributed by atoms with Crippen LogP contribution in [0.3, 0.4) is 0 Å². The van der Waals surface area contributed by atoms with Crippen LogP contribution in [-0.4, -0.2) is 28.6 Å². The van der Waals surface area contributed by atoms with Crippen molar-refractivity contribution in [2.45, 2.75) is 31.5 Å². The lowest BCUT2D eigenvalue weighted by Gasteiger charge is -2.17. The van der Waals surface area contributed by atoms with Crippen LogP contribution in [0.4, 0.5) is 18.9 Å². The zero-order chi connectivity index (χ0) is 17.2. The number of carbonyl (C=O) groups excluding carboxylic acids is 1. The second-order valence-electron chi connectivity index (χ2n) is 5.45. The Hall–Kier alpha value is -2.16. The van der Waals surface area contributed by atoms with Gasteiger partial charge in [0.05, 0.1) is 10.5 Å². The molecule has 1 amide bonds. The lowest BCUT2D eigenvalue weighted by molar-refractivity contribution is -0.385. The Bertz CT molecular complexity index is 615. The zero-order valence-electron chi connectivity index (χ0n) is 12.0. The highest BCUT2D eigenvalue weighted by atomic mass is 19.4. The summed E-state index contributed by atoms with van der Waals surface area (Å²) in [5.74, 6) is -0.628. The minimum Gasteiger partial charge on any atom is -0.396 e. The topological polar surface area (TPSA) is 92.5 Å². The molecule has 0 spiro atoms. The van der Waals surface area contributed by atoms with Crippen molar-refractivity contribution in [1.82, 2.24) is 5.32 Å². The first kappa shape index (κ1) is 17.2. The van der Waals surface area contributed by atoms with E-state index in [1.54, 1.807) is 0 Å². The Morgan fingerprint density at radius 1 is 1.39 bits per heavy atom. The van der Waals surface area contributed by atoms with E-state index in [-0.39, 0.29) is 25.0 Å². The molecule has 0 aromatic heterocycles. The van der Waals surface area contributed by atoms with Gasteiger partial charge in [0.25, 0.3) is 11.6 Å². The molecule has 0 heterocycles. The molecule has 6 nitrogen and oxygen atoms in total. The molecular formula is C14H15F3N2O4. The Morgan fingerprint density at radius 3 is 2.52 bits per heavy atom. The molecule has 0 saturated heterocycles. The minimum absolute atomic E-state index is 0.163. The van der Waals surface area contributed by atoms with Gasteiger partial charge in [0.15, 0.2) is 0 Å². The van der Waals surface area contributed by atoms with Crippen molar-refractivity contribution in [2.24, 2.45) is 5.92 Å². The van der Waals surface area contributed by atoms with Gasteiger partial charge < -0.3 is 10.4 Å². The fraction of sp³-hybridized carbons (Fsp3) is 0.500. The number of hydrogen-bond acceptors (Lipinski definition) is 4. The van der Waals surface area contributed by atoms with Crippen LogP contribution in [-0.2, 0) is 6.18 Å². The number of rotatable bonds is 6. The molecule has 1 aliphatic rings. The summed E-state index contributed by atoms with van der Waals surface area (Å²) < 4.78 is 38.4. The standard InChI is InChI=1S/C14H15F3N2O4/c15-14(16,17)10-5-9(6-11(7-10)19(22)23)13(21)18-12(3-4-20)8-1-2-8/h5-8,12,20H,1-4H2,(H,18,21). The highest BCUT2D eigenvalue weighted by Gasteiger charge is 2.35. The van der Waals surface area contributed by atoms with Crippen LogP contribution in [0, 0.1) is 16.0 Å². The summed E-state index contributed by atoms with van der Waals surface area (Å²) in [7, 11) is 0. The molecule has 2 rings (SSSR count). The maximum atomic E-state index is 12.8. The van der Waals surface area contributed by atoms with E-state index in [1.807, 2.05) is 0 Å². The molecule has 1 unspecified atom stereocenters. The van der Waals surface area contributed by atoms with Crippen LogP contribution < -0.4 is 5.32 Å². The number of non-ortho nitro benzene ring substituents is 1. The van der Waals surface area contributed by atoms with Crippen LogP contribution in [0.5, 0.6) is 0 Å². The Kier molecular flexibility index (Phi) is 4.88. The van der Waals surface area contributed by atoms with E-state index in [1.165, 1.54) is 0 Å². The van der Waals surface area contributed by atoms with Crippen LogP contribution in [0.1, 0.15) is 35.2 Å². The zero-order valence-corrected chi connectivity index (χ0v) is 12.0. The summed E-state index contributed by atoms with van der Waals surface area (Å²) in [6, 6.07) is 1.45. The number of amides is 1. The van der Waals surface area contributed by atoms with Gasteiger partial charge in [0.2, 0.25) is 0 Å². The van der Waals surface area contributed by atoms with Crippen LogP contribution in [0.25, 0.3) is 0 Å². The van der Waals surface area contributed by atoms with Gasteiger partial charge in [-0.2, -0.15) is 13.2 Å². The summed E-state index contributed by atoms with van der Waals surface area (Å²) in [6.45, 7) is -0.163. The smallest absolute Gasteiger partial charge is 0.396 e. The van der Waals surface area contributed by atoms with Crippen molar-refractivity contribution in [3.8, 4) is 0 Å². The maximum absolute atomic E-state index is 12.8. The summed E-state index contributed by atoms with van der Waals surface area (Å²) in [4.78, 5) is 21.9. The molecule has 9 heteroatoms. The van der Waals surface area contributed by atoms with Gasteiger partial charge in [0.1, 0.15) is 0 Å². The SMILES string of the molecule is O=C(NC(CCO)C1CC1)c1cc([N+](=O)[O-])cc(C(F)(F)F)c1. The maximum Gasteiger partial charge on any atom is 0.416 e. The second kappa shape index (κ2) is 6.53. The first-order valence-corrected chi connectivity index (χ1v) is 7.00. The number of nitro benzene ring substituents is 1. The Labute approximate surface area is 129 Å². The van der Waals surface area contributed by atoms with E-state index >= 15 is 0 Å². The largest absolute Gasteiger partial charge is 0.416 e. The summed E-state index contributed by atoms with van der Waals surface area (Å²) in [5.41, 5.74) is -2.47. The third-order valence-electron chi connectivity index (χ3n) is 3.67. The average Bonchev–Trinajstić information content (AvgIpc) is 3.29. The van der Waals surface area contributed by atoms with E-state index in [0.717, 1.165) is 18.9 Å². The van der Waals surface area contributed by atoms with Crippen molar-refractivity contribution in [3.05, 3.63) is 39.4 Å². The normalized spacial score (nSPS) is 16.0. The van der Waals surface area contributed by atoms with Crippen molar-refractivity contribution >= 4 is 11.6 Å². The van der Waals surface area contributed by atoms with Gasteiger partial charge in [0, 0.05) is 30.3 Å². The number of aliphatic hydroxyl groups excluding tert-OH is 1. The number of hydrogen-bond donors (Lipinski definition) is 2. The number of nitro groups is 1. The lowest BCUT2D eigenvalue weighted by atomic mass is 10.1. The summed E-state index contributed by atoms with van der Waals surface area (Å²) in [5, 5.41) is 22.3. The summed E-state index contributed by atoms with van der Waals surface area (Å²) >= 11 is 0. The third kappa shape index (κ3) is 4.41. The van der Waals surface area contributed by atoms with Gasteiger partial charge in [-0.05, 0) is 31.2 Å². The molecule has 0 radical (unpaired) electrons. The van der Waals surface area contributed by atoms with Gasteiger partial charge in [-0.25, -0.2) is 0 Å². The number of carbonyl (C=O) groups is 1. The summed E-state index contributed by atoms with van der Waals surface area (Å²) in [6.07, 6.45) is -2.76. The molecule has 23 heavy (non-hydrogen) atoms. The number of aliphatic hydroxyl groups is 1. The molecule has 1 fully saturated rings. The highest BCUT2D eigenvalue weighted by molar-refractivity contribution is 5.95. The minimum atomic E-state index is -4.79. The fourth-order valence-electron chi connectivity index (χ4n) is 2.33. The van der Waals surface area contributed by atoms with Crippen molar-refractivity contribution < 1.29 is 28.0 Å². The van der Waals surface area contributed by atoms with Gasteiger partial charge in [-0.3, -0.25) is 14.9 Å². The molecule has 1 aliphatic carbocycles. The van der Waals surface area contributed by atoms with Gasteiger partial charge in [-0.15, -0.1) is 0 Å². The van der Waals surface area contributed by atoms with Crippen molar-refractivity contribution in [3.63, 3.8) is 0 Å². The van der Waals surface area contributed by atoms with Gasteiger partial charge >= 0.3 is 6.18 Å². The van der Waals surface area contributed by atoms with E-state index in [9.17, 15) is 28.1 Å². The van der Waals surface area contributed by atoms with Crippen LogP contribution in [0.15, 0.2) is 18.2 Å². The number of benzene rings is 1. The molecule has 1 aromatic carbocycles. The van der Waals surface area contributed by atoms with E-state index < -0.39 is 33.8 Å². The molecule has 0 aliphatic heterocycles. The van der Waals surface area contributed by atoms with Crippen molar-refractivity contribution in [2.75, 3.05) is 6.61 Å². The monoisotopic (exact) mass is 332 g/mol. The highest BCUT2D eigenvalue weighted by Crippen LogP contribution is 2.35. The van der Waals surface area contributed by atoms with E-state index in [0.29, 0.717) is 12.1 Å². The Morgan fingerprint density at radius 2 is 2.04 bits per heavy atom. The first-order valence-electron chi connectivity index (χ1n) is 7.00. The predicted octanol–water partition coefficient (Wildman–Crippen LogP) is 2.50. The number of halogens is 3. The average molecular weight is 332 g/mol. The predicted molar refractivity (Wildman–Crippen MR) is 73.8 cm³/mol. The van der Waals surface area contributed by atoms with E-state index in [2.05, 4.69) is 5.32 Å². The first-order chi connectivity index (χ1) is 10.7. The molecule has 126 valence electrons. The lowest BCUT2D eigenvalue weighted by Crippen LogP contribution is -2.37. The van der Waals surface area contributed by atoms with Crippen LogP contribution >= 0.6 is 0 Å². The number of nitrogens with zero attached hydrogens (tertiary/aromatic N) is 1. The molecular weight excluding hydrogens is 317 g/mol. The fourth-order valence-corrected chi connectivity index (χ4v) is 2.33. The molecule has 2 N–H and O–H groups in total. The van der Waals surface area contributed by atoms with Gasteiger partial charge in [-0.1, -0.05) is 0 Å². The second-order valence-corrected chi connectivity index (χ2v) is 5.45. The van der Waals surface area contributed by atoms with Crippen molar-refractivity contribution in [1.29, 1.82) is 0 Å². The Balaban J connectivity index is 2.27. The quantitative estimate of drug-likeness (QED) is 0.618. The van der Waals surface area contributed by atoms with Crippen LogP contribution in [0.2, 0.25) is 0 Å². The molecule has 1 aromatic rings. The third-order valence-corrected chi connectivity index (χ3v) is 3.67. The molecule has 0 bridgehead atoms. The number of alkyl halides is 3. The van der Waals surface area contributed by atoms with E-state index in [4.69, 9.17) is 5.11 Å². The number of nitrogens with one attached hydrogen (secondary N) is 1. The molecule has 1 saturated carbocycles. The molecule has 1 atom stereocenters.